The summed E-state index contributed by atoms with van der Waals surface area (Å²) in [7, 11) is 2.31. The van der Waals surface area contributed by atoms with E-state index in [1.165, 1.54) is 38.6 Å². The van der Waals surface area contributed by atoms with E-state index < -0.39 is 0 Å². The minimum atomic E-state index is 0.940. The van der Waals surface area contributed by atoms with Gasteiger partial charge < -0.3 is 4.90 Å². The molecule has 0 unspecified atom stereocenters. The molecular formula is C11H21N. The van der Waals surface area contributed by atoms with Gasteiger partial charge in [-0.1, -0.05) is 6.92 Å². The summed E-state index contributed by atoms with van der Waals surface area (Å²) >= 11 is 0. The minimum Gasteiger partial charge on any atom is -0.303 e. The fourth-order valence-electron chi connectivity index (χ4n) is 3.14. The molecule has 0 aromatic carbocycles. The van der Waals surface area contributed by atoms with Crippen molar-refractivity contribution in [2.24, 2.45) is 11.8 Å². The molecular weight excluding hydrogens is 146 g/mol. The van der Waals surface area contributed by atoms with E-state index in [9.17, 15) is 0 Å². The van der Waals surface area contributed by atoms with E-state index in [1.54, 1.807) is 0 Å². The third-order valence-corrected chi connectivity index (χ3v) is 3.86. The number of fused-ring (bicyclic) bond motifs is 1. The molecule has 0 aromatic heterocycles. The van der Waals surface area contributed by atoms with Crippen LogP contribution in [0.3, 0.4) is 0 Å². The zero-order valence-corrected chi connectivity index (χ0v) is 8.42. The van der Waals surface area contributed by atoms with Gasteiger partial charge in [0.2, 0.25) is 0 Å². The SMILES string of the molecule is C[C@H]1CC[C@H]2[C@@H](CCCN2C)C1. The van der Waals surface area contributed by atoms with E-state index in [-0.39, 0.29) is 0 Å². The highest BCUT2D eigenvalue weighted by atomic mass is 15.1. The molecule has 0 radical (unpaired) electrons. The first-order chi connectivity index (χ1) is 5.77. The normalized spacial score (nSPS) is 44.0. The molecule has 1 aliphatic carbocycles. The van der Waals surface area contributed by atoms with E-state index in [1.807, 2.05) is 0 Å². The van der Waals surface area contributed by atoms with Crippen LogP contribution in [0.5, 0.6) is 0 Å². The Morgan fingerprint density at radius 3 is 2.83 bits per heavy atom. The average Bonchev–Trinajstić information content (AvgIpc) is 2.04. The van der Waals surface area contributed by atoms with Gasteiger partial charge in [-0.3, -0.25) is 0 Å². The Hall–Kier alpha value is -0.0400. The van der Waals surface area contributed by atoms with Crippen molar-refractivity contribution in [1.82, 2.24) is 4.90 Å². The van der Waals surface area contributed by atoms with Crippen molar-refractivity contribution < 1.29 is 0 Å². The summed E-state index contributed by atoms with van der Waals surface area (Å²) in [5.74, 6) is 2.03. The van der Waals surface area contributed by atoms with E-state index in [0.29, 0.717) is 0 Å². The third kappa shape index (κ3) is 1.52. The molecule has 1 saturated heterocycles. The number of nitrogens with zero attached hydrogens (tertiary/aromatic N) is 1. The molecule has 3 atom stereocenters. The molecule has 0 N–H and O–H groups in total. The van der Waals surface area contributed by atoms with Crippen molar-refractivity contribution in [3.63, 3.8) is 0 Å². The first kappa shape index (κ1) is 8.55. The van der Waals surface area contributed by atoms with Gasteiger partial charge in [0.05, 0.1) is 0 Å². The van der Waals surface area contributed by atoms with E-state index in [4.69, 9.17) is 0 Å². The summed E-state index contributed by atoms with van der Waals surface area (Å²) in [5.41, 5.74) is 0. The molecule has 0 amide bonds. The van der Waals surface area contributed by atoms with Crippen LogP contribution in [-0.2, 0) is 0 Å². The van der Waals surface area contributed by atoms with E-state index in [0.717, 1.165) is 17.9 Å². The van der Waals surface area contributed by atoms with Gasteiger partial charge in [-0.05, 0) is 57.5 Å². The molecule has 1 heteroatoms. The lowest BCUT2D eigenvalue weighted by Crippen LogP contribution is -2.45. The van der Waals surface area contributed by atoms with Gasteiger partial charge in [0.1, 0.15) is 0 Å². The van der Waals surface area contributed by atoms with Crippen LogP contribution in [0.1, 0.15) is 39.0 Å². The molecule has 0 spiro atoms. The van der Waals surface area contributed by atoms with Crippen LogP contribution < -0.4 is 0 Å². The lowest BCUT2D eigenvalue weighted by atomic mass is 9.74. The van der Waals surface area contributed by atoms with E-state index in [2.05, 4.69) is 18.9 Å². The summed E-state index contributed by atoms with van der Waals surface area (Å²) in [6.45, 7) is 3.76. The topological polar surface area (TPSA) is 3.24 Å². The Morgan fingerprint density at radius 1 is 1.17 bits per heavy atom. The highest BCUT2D eigenvalue weighted by Gasteiger charge is 2.33. The lowest BCUT2D eigenvalue weighted by Gasteiger charge is -2.44. The Bertz CT molecular complexity index is 155. The standard InChI is InChI=1S/C11H21N/c1-9-5-6-11-10(8-9)4-3-7-12(11)2/h9-11H,3-8H2,1-2H3/t9-,10-,11-/m0/s1. The predicted octanol–water partition coefficient (Wildman–Crippen LogP) is 2.52. The number of rotatable bonds is 0. The summed E-state index contributed by atoms with van der Waals surface area (Å²) in [6.07, 6.45) is 7.35. The van der Waals surface area contributed by atoms with Crippen LogP contribution in [0.2, 0.25) is 0 Å². The Labute approximate surface area is 76.1 Å². The number of piperidine rings is 1. The molecule has 0 aromatic rings. The van der Waals surface area contributed by atoms with Crippen LogP contribution in [0.15, 0.2) is 0 Å². The molecule has 12 heavy (non-hydrogen) atoms. The predicted molar refractivity (Wildman–Crippen MR) is 52.2 cm³/mol. The number of hydrogen-bond donors (Lipinski definition) is 0. The molecule has 1 aliphatic heterocycles. The highest BCUT2D eigenvalue weighted by Crippen LogP contribution is 2.36. The van der Waals surface area contributed by atoms with Gasteiger partial charge in [-0.25, -0.2) is 0 Å². The fourth-order valence-corrected chi connectivity index (χ4v) is 3.14. The Kier molecular flexibility index (Phi) is 2.40. The monoisotopic (exact) mass is 167 g/mol. The Morgan fingerprint density at radius 2 is 2.00 bits per heavy atom. The summed E-state index contributed by atoms with van der Waals surface area (Å²) in [4.78, 5) is 2.60. The van der Waals surface area contributed by atoms with Gasteiger partial charge in [-0.2, -0.15) is 0 Å². The highest BCUT2D eigenvalue weighted by molar-refractivity contribution is 4.87. The molecule has 1 saturated carbocycles. The van der Waals surface area contributed by atoms with Crippen molar-refractivity contribution >= 4 is 0 Å². The van der Waals surface area contributed by atoms with E-state index >= 15 is 0 Å². The summed E-state index contributed by atoms with van der Waals surface area (Å²) in [5, 5.41) is 0. The molecule has 2 fully saturated rings. The molecule has 0 bridgehead atoms. The first-order valence-corrected chi connectivity index (χ1v) is 5.47. The number of likely N-dealkylation sites (tertiary alicyclic amines) is 1. The van der Waals surface area contributed by atoms with Crippen molar-refractivity contribution in [2.45, 2.75) is 45.1 Å². The summed E-state index contributed by atoms with van der Waals surface area (Å²) < 4.78 is 0. The van der Waals surface area contributed by atoms with Gasteiger partial charge in [0.25, 0.3) is 0 Å². The maximum atomic E-state index is 2.60. The molecule has 70 valence electrons. The number of hydrogen-bond acceptors (Lipinski definition) is 1. The van der Waals surface area contributed by atoms with Crippen LogP contribution in [-0.4, -0.2) is 24.5 Å². The second-order valence-corrected chi connectivity index (χ2v) is 4.87. The average molecular weight is 167 g/mol. The van der Waals surface area contributed by atoms with Crippen LogP contribution in [0, 0.1) is 11.8 Å². The zero-order chi connectivity index (χ0) is 8.55. The van der Waals surface area contributed by atoms with Crippen LogP contribution in [0.4, 0.5) is 0 Å². The van der Waals surface area contributed by atoms with Crippen molar-refractivity contribution in [2.75, 3.05) is 13.6 Å². The fraction of sp³-hybridized carbons (Fsp3) is 1.00. The Balaban J connectivity index is 1.99. The second kappa shape index (κ2) is 3.37. The quantitative estimate of drug-likeness (QED) is 0.536. The maximum Gasteiger partial charge on any atom is 0.0121 e. The lowest BCUT2D eigenvalue weighted by molar-refractivity contribution is 0.0654. The second-order valence-electron chi connectivity index (χ2n) is 4.87. The van der Waals surface area contributed by atoms with Gasteiger partial charge in [-0.15, -0.1) is 0 Å². The third-order valence-electron chi connectivity index (χ3n) is 3.86. The van der Waals surface area contributed by atoms with Crippen LogP contribution in [0.25, 0.3) is 0 Å². The van der Waals surface area contributed by atoms with Crippen molar-refractivity contribution in [3.05, 3.63) is 0 Å². The smallest absolute Gasteiger partial charge is 0.0121 e. The largest absolute Gasteiger partial charge is 0.303 e. The summed E-state index contributed by atoms with van der Waals surface area (Å²) in [6, 6.07) is 0.940. The van der Waals surface area contributed by atoms with Crippen molar-refractivity contribution in [3.8, 4) is 0 Å². The molecule has 2 aliphatic rings. The van der Waals surface area contributed by atoms with Gasteiger partial charge in [0.15, 0.2) is 0 Å². The molecule has 1 nitrogen and oxygen atoms in total. The van der Waals surface area contributed by atoms with Gasteiger partial charge >= 0.3 is 0 Å². The minimum absolute atomic E-state index is 0.940. The van der Waals surface area contributed by atoms with Gasteiger partial charge in [0, 0.05) is 6.04 Å². The van der Waals surface area contributed by atoms with Crippen molar-refractivity contribution in [1.29, 1.82) is 0 Å². The first-order valence-electron chi connectivity index (χ1n) is 5.47. The molecule has 2 rings (SSSR count). The van der Waals surface area contributed by atoms with Crippen LogP contribution >= 0.6 is 0 Å². The molecule has 1 heterocycles. The zero-order valence-electron chi connectivity index (χ0n) is 8.42. The maximum absolute atomic E-state index is 2.60.